The number of nitrogens with two attached hydrogens (primary N) is 1. The van der Waals surface area contributed by atoms with Gasteiger partial charge in [-0.2, -0.15) is 0 Å². The number of hydrogen-bond acceptors (Lipinski definition) is 3. The fraction of sp³-hybridized carbons (Fsp3) is 0.750. The Balaban J connectivity index is 2.12. The van der Waals surface area contributed by atoms with E-state index in [0.29, 0.717) is 0 Å². The molecule has 0 amide bonds. The first-order chi connectivity index (χ1) is 7.16. The molecule has 0 aromatic carbocycles. The minimum absolute atomic E-state index is 0.251. The van der Waals surface area contributed by atoms with E-state index in [4.69, 9.17) is 10.7 Å². The first kappa shape index (κ1) is 11.1. The van der Waals surface area contributed by atoms with Gasteiger partial charge in [0.25, 0.3) is 0 Å². The number of nitrogens with zero attached hydrogens (tertiary/aromatic N) is 1. The summed E-state index contributed by atoms with van der Waals surface area (Å²) in [5.74, 6) is 0.746. The lowest BCUT2D eigenvalue weighted by Crippen LogP contribution is -2.17. The molecule has 3 heteroatoms. The van der Waals surface area contributed by atoms with Crippen LogP contribution in [-0.2, 0) is 6.42 Å². The van der Waals surface area contributed by atoms with E-state index in [2.05, 4.69) is 13.8 Å². The van der Waals surface area contributed by atoms with Crippen LogP contribution >= 0.6 is 11.3 Å². The maximum atomic E-state index is 5.83. The van der Waals surface area contributed by atoms with Crippen molar-refractivity contribution in [3.63, 3.8) is 0 Å². The van der Waals surface area contributed by atoms with Gasteiger partial charge in [0.15, 0.2) is 0 Å². The van der Waals surface area contributed by atoms with Gasteiger partial charge >= 0.3 is 0 Å². The highest BCUT2D eigenvalue weighted by Crippen LogP contribution is 2.37. The van der Waals surface area contributed by atoms with Crippen molar-refractivity contribution in [3.8, 4) is 0 Å². The van der Waals surface area contributed by atoms with Gasteiger partial charge in [0.2, 0.25) is 0 Å². The Bertz CT molecular complexity index is 324. The van der Waals surface area contributed by atoms with Crippen LogP contribution in [0.4, 0.5) is 0 Å². The highest BCUT2D eigenvalue weighted by Gasteiger charge is 2.21. The predicted octanol–water partition coefficient (Wildman–Crippen LogP) is 3.00. The molecule has 1 saturated carbocycles. The van der Waals surface area contributed by atoms with Crippen LogP contribution in [0.5, 0.6) is 0 Å². The lowest BCUT2D eigenvalue weighted by molar-refractivity contribution is 0.713. The summed E-state index contributed by atoms with van der Waals surface area (Å²) < 4.78 is 0. The number of rotatable bonds is 3. The molecule has 1 aliphatic rings. The van der Waals surface area contributed by atoms with Gasteiger partial charge in [-0.25, -0.2) is 4.98 Å². The summed E-state index contributed by atoms with van der Waals surface area (Å²) in [6.07, 6.45) is 6.42. The molecule has 1 fully saturated rings. The number of thiazole rings is 1. The van der Waals surface area contributed by atoms with Crippen LogP contribution in [-0.4, -0.2) is 11.0 Å². The standard InChI is InChI=1S/C12H20N2S/c1-8(13)7-11-9(2)14-12(15-11)10-5-3-4-6-10/h8,10H,3-7,13H2,1-2H3. The Morgan fingerprint density at radius 3 is 2.73 bits per heavy atom. The van der Waals surface area contributed by atoms with Crippen LogP contribution in [0.25, 0.3) is 0 Å². The van der Waals surface area contributed by atoms with Crippen molar-refractivity contribution in [1.29, 1.82) is 0 Å². The zero-order valence-electron chi connectivity index (χ0n) is 9.62. The van der Waals surface area contributed by atoms with E-state index in [1.807, 2.05) is 11.3 Å². The van der Waals surface area contributed by atoms with Crippen molar-refractivity contribution in [2.75, 3.05) is 0 Å². The lowest BCUT2D eigenvalue weighted by Gasteiger charge is -2.03. The molecule has 2 rings (SSSR count). The second-order valence-corrected chi connectivity index (χ2v) is 5.84. The second-order valence-electron chi connectivity index (χ2n) is 4.72. The van der Waals surface area contributed by atoms with E-state index in [1.165, 1.54) is 41.3 Å². The van der Waals surface area contributed by atoms with Crippen molar-refractivity contribution in [3.05, 3.63) is 15.6 Å². The second kappa shape index (κ2) is 4.62. The molecule has 0 saturated heterocycles. The van der Waals surface area contributed by atoms with Gasteiger partial charge in [0.1, 0.15) is 0 Å². The summed E-state index contributed by atoms with van der Waals surface area (Å²) in [5.41, 5.74) is 7.04. The van der Waals surface area contributed by atoms with Gasteiger partial charge in [-0.05, 0) is 33.1 Å². The molecule has 1 aromatic rings. The molecule has 2 N–H and O–H groups in total. The predicted molar refractivity (Wildman–Crippen MR) is 65.4 cm³/mol. The fourth-order valence-electron chi connectivity index (χ4n) is 2.28. The molecule has 0 bridgehead atoms. The Labute approximate surface area is 95.9 Å². The Morgan fingerprint density at radius 2 is 2.13 bits per heavy atom. The minimum atomic E-state index is 0.251. The highest BCUT2D eigenvalue weighted by atomic mass is 32.1. The molecule has 1 unspecified atom stereocenters. The number of aromatic nitrogens is 1. The summed E-state index contributed by atoms with van der Waals surface area (Å²) in [6, 6.07) is 0.251. The zero-order valence-corrected chi connectivity index (χ0v) is 10.4. The highest BCUT2D eigenvalue weighted by molar-refractivity contribution is 7.11. The van der Waals surface area contributed by atoms with Crippen molar-refractivity contribution >= 4 is 11.3 Å². The molecule has 84 valence electrons. The molecule has 1 atom stereocenters. The molecule has 0 radical (unpaired) electrons. The third-order valence-electron chi connectivity index (χ3n) is 3.12. The van der Waals surface area contributed by atoms with Crippen LogP contribution < -0.4 is 5.73 Å². The Hall–Kier alpha value is -0.410. The molecular weight excluding hydrogens is 204 g/mol. The number of aryl methyl sites for hydroxylation is 1. The van der Waals surface area contributed by atoms with Crippen LogP contribution in [0.3, 0.4) is 0 Å². The molecule has 1 aromatic heterocycles. The first-order valence-electron chi connectivity index (χ1n) is 5.88. The van der Waals surface area contributed by atoms with Crippen LogP contribution in [0.1, 0.15) is 54.1 Å². The summed E-state index contributed by atoms with van der Waals surface area (Å²) >= 11 is 1.89. The molecule has 1 aliphatic carbocycles. The average Bonchev–Trinajstić information content (AvgIpc) is 2.75. The monoisotopic (exact) mass is 224 g/mol. The molecule has 0 aliphatic heterocycles. The molecular formula is C12H20N2S. The Kier molecular flexibility index (Phi) is 3.42. The van der Waals surface area contributed by atoms with Gasteiger partial charge in [-0.1, -0.05) is 12.8 Å². The summed E-state index contributed by atoms with van der Waals surface area (Å²) in [5, 5.41) is 1.36. The molecule has 0 spiro atoms. The summed E-state index contributed by atoms with van der Waals surface area (Å²) in [7, 11) is 0. The normalized spacial score (nSPS) is 19.7. The fourth-order valence-corrected chi connectivity index (χ4v) is 3.66. The van der Waals surface area contributed by atoms with Gasteiger partial charge < -0.3 is 5.73 Å². The third kappa shape index (κ3) is 2.58. The SMILES string of the molecule is Cc1nc(C2CCCC2)sc1CC(C)N. The van der Waals surface area contributed by atoms with Gasteiger partial charge in [0.05, 0.1) is 10.7 Å². The third-order valence-corrected chi connectivity index (χ3v) is 4.46. The van der Waals surface area contributed by atoms with E-state index < -0.39 is 0 Å². The van der Waals surface area contributed by atoms with E-state index in [9.17, 15) is 0 Å². The van der Waals surface area contributed by atoms with Crippen LogP contribution in [0.15, 0.2) is 0 Å². The van der Waals surface area contributed by atoms with Crippen molar-refractivity contribution in [2.24, 2.45) is 5.73 Å². The van der Waals surface area contributed by atoms with Crippen LogP contribution in [0, 0.1) is 6.92 Å². The minimum Gasteiger partial charge on any atom is -0.328 e. The quantitative estimate of drug-likeness (QED) is 0.857. The van der Waals surface area contributed by atoms with Crippen molar-refractivity contribution < 1.29 is 0 Å². The average molecular weight is 224 g/mol. The van der Waals surface area contributed by atoms with Gasteiger partial charge in [-0.3, -0.25) is 0 Å². The van der Waals surface area contributed by atoms with Gasteiger partial charge in [0, 0.05) is 16.8 Å². The topological polar surface area (TPSA) is 38.9 Å². The molecule has 2 nitrogen and oxygen atoms in total. The van der Waals surface area contributed by atoms with E-state index in [0.717, 1.165) is 12.3 Å². The van der Waals surface area contributed by atoms with E-state index in [1.54, 1.807) is 0 Å². The molecule has 15 heavy (non-hydrogen) atoms. The van der Waals surface area contributed by atoms with Crippen molar-refractivity contribution in [1.82, 2.24) is 4.98 Å². The lowest BCUT2D eigenvalue weighted by atomic mass is 10.1. The largest absolute Gasteiger partial charge is 0.328 e. The van der Waals surface area contributed by atoms with E-state index in [-0.39, 0.29) is 6.04 Å². The van der Waals surface area contributed by atoms with E-state index >= 15 is 0 Å². The van der Waals surface area contributed by atoms with Crippen molar-refractivity contribution in [2.45, 2.75) is 57.9 Å². The van der Waals surface area contributed by atoms with Crippen LogP contribution in [0.2, 0.25) is 0 Å². The summed E-state index contributed by atoms with van der Waals surface area (Å²) in [6.45, 7) is 4.18. The Morgan fingerprint density at radius 1 is 1.47 bits per heavy atom. The molecule has 1 heterocycles. The maximum absolute atomic E-state index is 5.83. The zero-order chi connectivity index (χ0) is 10.8. The first-order valence-corrected chi connectivity index (χ1v) is 6.70. The summed E-state index contributed by atoms with van der Waals surface area (Å²) in [4.78, 5) is 6.10. The maximum Gasteiger partial charge on any atom is 0.0961 e. The smallest absolute Gasteiger partial charge is 0.0961 e. The van der Waals surface area contributed by atoms with Gasteiger partial charge in [-0.15, -0.1) is 11.3 Å². The number of hydrogen-bond donors (Lipinski definition) is 1.